The number of hydrogen-bond acceptors (Lipinski definition) is 3. The molecule has 1 atom stereocenters. The second-order valence-electron chi connectivity index (χ2n) is 7.39. The smallest absolute Gasteiger partial charge is 0.191 e. The van der Waals surface area contributed by atoms with E-state index in [-0.39, 0.29) is 47.9 Å². The molecule has 3 N–H and O–H groups in total. The lowest BCUT2D eigenvalue weighted by atomic mass is 9.72. The number of aliphatic hydroxyl groups is 1. The summed E-state index contributed by atoms with van der Waals surface area (Å²) < 4.78 is 18.7. The topological polar surface area (TPSA) is 65.9 Å². The molecule has 1 aliphatic carbocycles. The number of nitrogens with one attached hydrogen (secondary N) is 2. The molecule has 0 bridgehead atoms. The zero-order chi connectivity index (χ0) is 19.5. The van der Waals surface area contributed by atoms with Crippen LogP contribution in [-0.4, -0.2) is 44.4 Å². The Hall–Kier alpha value is -0.930. The summed E-state index contributed by atoms with van der Waals surface area (Å²) in [6, 6.07) is 6.38. The van der Waals surface area contributed by atoms with E-state index < -0.39 is 0 Å². The number of hydrogen-bond donors (Lipinski definition) is 3. The van der Waals surface area contributed by atoms with Crippen LogP contribution in [0, 0.1) is 11.2 Å². The molecule has 0 heterocycles. The predicted molar refractivity (Wildman–Crippen MR) is 123 cm³/mol. The molecule has 1 unspecified atom stereocenters. The Kier molecular flexibility index (Phi) is 11.9. The molecule has 1 aromatic carbocycles. The molecule has 1 aliphatic rings. The van der Waals surface area contributed by atoms with Gasteiger partial charge in [0.1, 0.15) is 5.82 Å². The van der Waals surface area contributed by atoms with Crippen LogP contribution in [0.3, 0.4) is 0 Å². The van der Waals surface area contributed by atoms with Crippen LogP contribution in [0.2, 0.25) is 0 Å². The molecular formula is C21H35FIN3O2. The van der Waals surface area contributed by atoms with Crippen molar-refractivity contribution in [3.05, 3.63) is 35.6 Å². The van der Waals surface area contributed by atoms with Gasteiger partial charge < -0.3 is 20.5 Å². The second-order valence-corrected chi connectivity index (χ2v) is 7.39. The second kappa shape index (κ2) is 13.3. The van der Waals surface area contributed by atoms with Gasteiger partial charge in [-0.05, 0) is 49.3 Å². The molecule has 2 rings (SSSR count). The minimum atomic E-state index is -0.252. The Morgan fingerprint density at radius 2 is 1.89 bits per heavy atom. The molecule has 1 saturated carbocycles. The largest absolute Gasteiger partial charge is 0.396 e. The number of aliphatic hydroxyl groups excluding tert-OH is 1. The summed E-state index contributed by atoms with van der Waals surface area (Å²) in [6.45, 7) is 4.29. The van der Waals surface area contributed by atoms with Gasteiger partial charge in [0, 0.05) is 33.4 Å². The number of nitrogens with zero attached hydrogens (tertiary/aromatic N) is 1. The number of halogens is 2. The molecule has 160 valence electrons. The van der Waals surface area contributed by atoms with Gasteiger partial charge in [-0.2, -0.15) is 0 Å². The van der Waals surface area contributed by atoms with Gasteiger partial charge in [-0.1, -0.05) is 31.4 Å². The first-order valence-corrected chi connectivity index (χ1v) is 10.0. The SMILES string of the molecule is CCNC(=NCC1(CCO)CCCCC1)NCC(OC)c1ccc(F)cc1.I. The highest BCUT2D eigenvalue weighted by atomic mass is 127. The zero-order valence-electron chi connectivity index (χ0n) is 17.0. The maximum absolute atomic E-state index is 13.1. The Morgan fingerprint density at radius 3 is 2.46 bits per heavy atom. The number of benzene rings is 1. The molecule has 7 heteroatoms. The van der Waals surface area contributed by atoms with E-state index in [0.29, 0.717) is 6.54 Å². The van der Waals surface area contributed by atoms with Crippen LogP contribution >= 0.6 is 24.0 Å². The molecule has 0 amide bonds. The van der Waals surface area contributed by atoms with Crippen molar-refractivity contribution >= 4 is 29.9 Å². The third kappa shape index (κ3) is 7.83. The van der Waals surface area contributed by atoms with Crippen molar-refractivity contribution in [3.8, 4) is 0 Å². The molecule has 0 saturated heterocycles. The minimum absolute atomic E-state index is 0. The van der Waals surface area contributed by atoms with Crippen molar-refractivity contribution in [1.29, 1.82) is 0 Å². The summed E-state index contributed by atoms with van der Waals surface area (Å²) in [4.78, 5) is 4.81. The lowest BCUT2D eigenvalue weighted by Gasteiger charge is -2.35. The maximum Gasteiger partial charge on any atom is 0.191 e. The lowest BCUT2D eigenvalue weighted by molar-refractivity contribution is 0.106. The fourth-order valence-corrected chi connectivity index (χ4v) is 3.82. The molecule has 0 radical (unpaired) electrons. The van der Waals surface area contributed by atoms with E-state index in [4.69, 9.17) is 9.73 Å². The van der Waals surface area contributed by atoms with Crippen molar-refractivity contribution in [2.45, 2.75) is 51.6 Å². The van der Waals surface area contributed by atoms with Crippen LogP contribution in [0.25, 0.3) is 0 Å². The first kappa shape index (κ1) is 25.1. The van der Waals surface area contributed by atoms with Crippen LogP contribution in [0.4, 0.5) is 4.39 Å². The first-order chi connectivity index (χ1) is 13.1. The molecule has 28 heavy (non-hydrogen) atoms. The van der Waals surface area contributed by atoms with E-state index in [1.165, 1.54) is 31.4 Å². The Balaban J connectivity index is 0.00000392. The Bertz CT molecular complexity index is 572. The predicted octanol–water partition coefficient (Wildman–Crippen LogP) is 4.02. The van der Waals surface area contributed by atoms with Gasteiger partial charge in [0.05, 0.1) is 6.10 Å². The van der Waals surface area contributed by atoms with Crippen molar-refractivity contribution in [3.63, 3.8) is 0 Å². The van der Waals surface area contributed by atoms with Crippen LogP contribution in [0.1, 0.15) is 57.1 Å². The van der Waals surface area contributed by atoms with Gasteiger partial charge in [0.15, 0.2) is 5.96 Å². The zero-order valence-corrected chi connectivity index (χ0v) is 19.4. The first-order valence-electron chi connectivity index (χ1n) is 10.0. The third-order valence-corrected chi connectivity index (χ3v) is 5.45. The van der Waals surface area contributed by atoms with Crippen molar-refractivity contribution in [1.82, 2.24) is 10.6 Å². The Labute approximate surface area is 185 Å². The van der Waals surface area contributed by atoms with E-state index in [1.807, 2.05) is 6.92 Å². The van der Waals surface area contributed by atoms with Crippen molar-refractivity contribution in [2.24, 2.45) is 10.4 Å². The van der Waals surface area contributed by atoms with Crippen molar-refractivity contribution in [2.75, 3.05) is 33.4 Å². The highest BCUT2D eigenvalue weighted by Gasteiger charge is 2.31. The number of methoxy groups -OCH3 is 1. The summed E-state index contributed by atoms with van der Waals surface area (Å²) >= 11 is 0. The average Bonchev–Trinajstić information content (AvgIpc) is 2.69. The van der Waals surface area contributed by atoms with Gasteiger partial charge in [0.2, 0.25) is 0 Å². The van der Waals surface area contributed by atoms with Gasteiger partial charge in [0.25, 0.3) is 0 Å². The van der Waals surface area contributed by atoms with E-state index in [1.54, 1.807) is 19.2 Å². The highest BCUT2D eigenvalue weighted by molar-refractivity contribution is 14.0. The van der Waals surface area contributed by atoms with E-state index in [9.17, 15) is 9.50 Å². The van der Waals surface area contributed by atoms with Crippen LogP contribution < -0.4 is 10.6 Å². The summed E-state index contributed by atoms with van der Waals surface area (Å²) in [5.41, 5.74) is 1.04. The molecule has 1 fully saturated rings. The number of guanidine groups is 1. The molecule has 0 aromatic heterocycles. The quantitative estimate of drug-likeness (QED) is 0.269. The third-order valence-electron chi connectivity index (χ3n) is 5.45. The minimum Gasteiger partial charge on any atom is -0.396 e. The molecule has 5 nitrogen and oxygen atoms in total. The number of aliphatic imine (C=N–C) groups is 1. The summed E-state index contributed by atoms with van der Waals surface area (Å²) in [7, 11) is 1.65. The number of rotatable bonds is 9. The summed E-state index contributed by atoms with van der Waals surface area (Å²) in [5, 5.41) is 16.1. The van der Waals surface area contributed by atoms with Crippen LogP contribution in [0.15, 0.2) is 29.3 Å². The normalized spacial score (nSPS) is 17.5. The van der Waals surface area contributed by atoms with E-state index >= 15 is 0 Å². The molecule has 0 spiro atoms. The fourth-order valence-electron chi connectivity index (χ4n) is 3.82. The van der Waals surface area contributed by atoms with Gasteiger partial charge >= 0.3 is 0 Å². The molecular weight excluding hydrogens is 472 g/mol. The van der Waals surface area contributed by atoms with Crippen molar-refractivity contribution < 1.29 is 14.2 Å². The van der Waals surface area contributed by atoms with E-state index in [2.05, 4.69) is 10.6 Å². The standard InChI is InChI=1S/C21H34FN3O2.HI/c1-3-23-20(25-16-21(13-14-26)11-5-4-6-12-21)24-15-19(27-2)17-7-9-18(22)10-8-17;/h7-10,19,26H,3-6,11-16H2,1-2H3,(H2,23,24,25);1H. The van der Waals surface area contributed by atoms with Gasteiger partial charge in [-0.3, -0.25) is 4.99 Å². The summed E-state index contributed by atoms with van der Waals surface area (Å²) in [5.74, 6) is 0.502. The summed E-state index contributed by atoms with van der Waals surface area (Å²) in [6.07, 6.45) is 6.61. The average molecular weight is 507 g/mol. The Morgan fingerprint density at radius 1 is 1.21 bits per heavy atom. The van der Waals surface area contributed by atoms with E-state index in [0.717, 1.165) is 43.9 Å². The number of ether oxygens (including phenoxy) is 1. The fraction of sp³-hybridized carbons (Fsp3) is 0.667. The highest BCUT2D eigenvalue weighted by Crippen LogP contribution is 2.39. The van der Waals surface area contributed by atoms with Gasteiger partial charge in [-0.15, -0.1) is 24.0 Å². The lowest BCUT2D eigenvalue weighted by Crippen LogP contribution is -2.41. The maximum atomic E-state index is 13.1. The van der Waals surface area contributed by atoms with Gasteiger partial charge in [-0.25, -0.2) is 4.39 Å². The molecule has 0 aliphatic heterocycles. The monoisotopic (exact) mass is 507 g/mol. The van der Waals surface area contributed by atoms with Crippen LogP contribution in [0.5, 0.6) is 0 Å². The molecule has 1 aromatic rings. The van der Waals surface area contributed by atoms with Crippen LogP contribution in [-0.2, 0) is 4.74 Å².